The molecule has 20 heavy (non-hydrogen) atoms. The lowest BCUT2D eigenvalue weighted by Gasteiger charge is -2.24. The Hall–Kier alpha value is -1.40. The molecule has 0 spiro atoms. The minimum Gasteiger partial charge on any atom is -0.351 e. The Bertz CT molecular complexity index is 533. The lowest BCUT2D eigenvalue weighted by Crippen LogP contribution is -2.42. The van der Waals surface area contributed by atoms with Gasteiger partial charge in [-0.2, -0.15) is 0 Å². The summed E-state index contributed by atoms with van der Waals surface area (Å²) < 4.78 is 1.08. The maximum absolute atomic E-state index is 11.6. The van der Waals surface area contributed by atoms with Gasteiger partial charge in [0.1, 0.15) is 0 Å². The third-order valence-electron chi connectivity index (χ3n) is 3.54. The molecule has 0 radical (unpaired) electrons. The van der Waals surface area contributed by atoms with E-state index in [0.29, 0.717) is 0 Å². The molecule has 0 aliphatic carbocycles. The van der Waals surface area contributed by atoms with Crippen LogP contribution in [0.1, 0.15) is 30.0 Å². The van der Waals surface area contributed by atoms with Crippen LogP contribution in [0.3, 0.4) is 0 Å². The molecule has 0 unspecified atom stereocenters. The largest absolute Gasteiger partial charge is 0.351 e. The number of nitrogens with one attached hydrogen (secondary N) is 1. The molecule has 1 heterocycles. The minimum atomic E-state index is -0.801. The van der Waals surface area contributed by atoms with Crippen LogP contribution < -0.4 is 11.1 Å². The summed E-state index contributed by atoms with van der Waals surface area (Å²) >= 11 is 3.49. The number of amides is 3. The van der Waals surface area contributed by atoms with Crippen molar-refractivity contribution in [1.82, 2.24) is 10.2 Å². The first kappa shape index (κ1) is 15.0. The van der Waals surface area contributed by atoms with Crippen LogP contribution in [0.15, 0.2) is 22.7 Å². The number of rotatable bonds is 3. The van der Waals surface area contributed by atoms with Crippen LogP contribution >= 0.6 is 15.9 Å². The first-order valence-electron chi connectivity index (χ1n) is 6.57. The third-order valence-corrected chi connectivity index (χ3v) is 4.43. The van der Waals surface area contributed by atoms with Crippen molar-refractivity contribution < 1.29 is 9.59 Å². The van der Waals surface area contributed by atoms with E-state index in [2.05, 4.69) is 38.3 Å². The van der Waals surface area contributed by atoms with E-state index in [-0.39, 0.29) is 18.5 Å². The molecule has 3 N–H and O–H groups in total. The molecular weight excluding hydrogens is 322 g/mol. The Morgan fingerprint density at radius 1 is 1.50 bits per heavy atom. The molecular formula is C14H18BrN3O2. The molecule has 1 fully saturated rings. The predicted molar refractivity (Wildman–Crippen MR) is 80.2 cm³/mol. The second-order valence-electron chi connectivity index (χ2n) is 5.05. The first-order valence-corrected chi connectivity index (χ1v) is 7.36. The van der Waals surface area contributed by atoms with Gasteiger partial charge in [0, 0.05) is 10.5 Å². The quantitative estimate of drug-likeness (QED) is 0.885. The molecule has 0 bridgehead atoms. The number of imide groups is 1. The van der Waals surface area contributed by atoms with Crippen molar-refractivity contribution in [2.24, 2.45) is 5.73 Å². The van der Waals surface area contributed by atoms with E-state index in [9.17, 15) is 9.59 Å². The number of likely N-dealkylation sites (tertiary alicyclic amines) is 1. The Morgan fingerprint density at radius 2 is 2.25 bits per heavy atom. The number of carbonyl (C=O) groups is 2. The molecule has 1 aromatic carbocycles. The molecule has 3 amide bonds. The van der Waals surface area contributed by atoms with Gasteiger partial charge in [0.15, 0.2) is 0 Å². The summed E-state index contributed by atoms with van der Waals surface area (Å²) in [6, 6.07) is 5.67. The van der Waals surface area contributed by atoms with E-state index < -0.39 is 6.03 Å². The van der Waals surface area contributed by atoms with Gasteiger partial charge in [-0.05, 0) is 43.5 Å². The van der Waals surface area contributed by atoms with E-state index in [1.165, 1.54) is 11.1 Å². The number of hydrogen-bond acceptors (Lipinski definition) is 3. The van der Waals surface area contributed by atoms with Gasteiger partial charge < -0.3 is 5.73 Å². The molecule has 1 aromatic rings. The molecule has 1 aliphatic rings. The van der Waals surface area contributed by atoms with Crippen molar-refractivity contribution in [2.75, 3.05) is 13.1 Å². The smallest absolute Gasteiger partial charge is 0.318 e. The topological polar surface area (TPSA) is 75.4 Å². The van der Waals surface area contributed by atoms with Crippen molar-refractivity contribution in [2.45, 2.75) is 25.8 Å². The normalized spacial score (nSPS) is 19.0. The molecule has 5 nitrogen and oxygen atoms in total. The molecule has 1 atom stereocenters. The molecule has 108 valence electrons. The molecule has 6 heteroatoms. The van der Waals surface area contributed by atoms with Gasteiger partial charge in [-0.15, -0.1) is 0 Å². The van der Waals surface area contributed by atoms with Gasteiger partial charge in [-0.1, -0.05) is 28.1 Å². The number of urea groups is 1. The van der Waals surface area contributed by atoms with Crippen molar-refractivity contribution >= 4 is 27.9 Å². The Labute approximate surface area is 126 Å². The van der Waals surface area contributed by atoms with Gasteiger partial charge >= 0.3 is 6.03 Å². The molecule has 2 rings (SSSR count). The van der Waals surface area contributed by atoms with E-state index in [4.69, 9.17) is 5.73 Å². The van der Waals surface area contributed by atoms with Crippen LogP contribution in [-0.2, 0) is 4.79 Å². The molecule has 1 aliphatic heterocycles. The number of primary amides is 1. The van der Waals surface area contributed by atoms with Gasteiger partial charge in [0.25, 0.3) is 0 Å². The number of carbonyl (C=O) groups excluding carboxylic acids is 2. The monoisotopic (exact) mass is 339 g/mol. The summed E-state index contributed by atoms with van der Waals surface area (Å²) in [6.07, 6.45) is 2.06. The maximum Gasteiger partial charge on any atom is 0.318 e. The molecule has 0 aromatic heterocycles. The van der Waals surface area contributed by atoms with Crippen LogP contribution in [0, 0.1) is 6.92 Å². The number of nitrogens with zero attached hydrogens (tertiary/aromatic N) is 1. The number of hydrogen-bond donors (Lipinski definition) is 2. The average Bonchev–Trinajstić information content (AvgIpc) is 2.79. The highest BCUT2D eigenvalue weighted by molar-refractivity contribution is 9.10. The van der Waals surface area contributed by atoms with E-state index in [0.717, 1.165) is 23.9 Å². The van der Waals surface area contributed by atoms with Crippen LogP contribution in [-0.4, -0.2) is 29.9 Å². The molecule has 0 saturated carbocycles. The highest BCUT2D eigenvalue weighted by Gasteiger charge is 2.27. The summed E-state index contributed by atoms with van der Waals surface area (Å²) in [4.78, 5) is 24.4. The minimum absolute atomic E-state index is 0.197. The lowest BCUT2D eigenvalue weighted by atomic mass is 10.0. The van der Waals surface area contributed by atoms with Crippen LogP contribution in [0.2, 0.25) is 0 Å². The zero-order chi connectivity index (χ0) is 14.7. The molecule has 1 saturated heterocycles. The highest BCUT2D eigenvalue weighted by atomic mass is 79.9. The number of aryl methyl sites for hydroxylation is 1. The third kappa shape index (κ3) is 3.58. The second-order valence-corrected chi connectivity index (χ2v) is 5.90. The Kier molecular flexibility index (Phi) is 4.77. The SMILES string of the molecule is Cc1cc([C@H]2CCCN2CC(=O)NC(N)=O)ccc1Br. The lowest BCUT2D eigenvalue weighted by molar-refractivity contribution is -0.121. The maximum atomic E-state index is 11.6. The average molecular weight is 340 g/mol. The fraction of sp³-hybridized carbons (Fsp3) is 0.429. The van der Waals surface area contributed by atoms with Crippen LogP contribution in [0.25, 0.3) is 0 Å². The zero-order valence-electron chi connectivity index (χ0n) is 11.4. The van der Waals surface area contributed by atoms with E-state index in [1.54, 1.807) is 0 Å². The van der Waals surface area contributed by atoms with Crippen LogP contribution in [0.5, 0.6) is 0 Å². The van der Waals surface area contributed by atoms with Gasteiger partial charge in [-0.3, -0.25) is 15.0 Å². The predicted octanol–water partition coefficient (Wildman–Crippen LogP) is 2.09. The summed E-state index contributed by atoms with van der Waals surface area (Å²) in [5, 5.41) is 2.11. The summed E-state index contributed by atoms with van der Waals surface area (Å²) in [5.74, 6) is -0.349. The number of halogens is 1. The highest BCUT2D eigenvalue weighted by Crippen LogP contribution is 2.33. The van der Waals surface area contributed by atoms with Crippen molar-refractivity contribution in [3.05, 3.63) is 33.8 Å². The Balaban J connectivity index is 2.08. The fourth-order valence-corrected chi connectivity index (χ4v) is 2.88. The van der Waals surface area contributed by atoms with Gasteiger partial charge in [0.2, 0.25) is 5.91 Å². The number of benzene rings is 1. The van der Waals surface area contributed by atoms with Crippen LogP contribution in [0.4, 0.5) is 4.79 Å². The first-order chi connectivity index (χ1) is 9.47. The summed E-state index contributed by atoms with van der Waals surface area (Å²) in [6.45, 7) is 3.10. The summed E-state index contributed by atoms with van der Waals surface area (Å²) in [7, 11) is 0. The zero-order valence-corrected chi connectivity index (χ0v) is 12.9. The second kappa shape index (κ2) is 6.37. The van der Waals surface area contributed by atoms with Crippen molar-refractivity contribution in [3.63, 3.8) is 0 Å². The van der Waals surface area contributed by atoms with Gasteiger partial charge in [0.05, 0.1) is 6.54 Å². The van der Waals surface area contributed by atoms with Crippen molar-refractivity contribution in [3.8, 4) is 0 Å². The van der Waals surface area contributed by atoms with E-state index >= 15 is 0 Å². The number of nitrogens with two attached hydrogens (primary N) is 1. The van der Waals surface area contributed by atoms with Gasteiger partial charge in [-0.25, -0.2) is 4.79 Å². The van der Waals surface area contributed by atoms with E-state index in [1.807, 2.05) is 13.0 Å². The Morgan fingerprint density at radius 3 is 2.90 bits per heavy atom. The fourth-order valence-electron chi connectivity index (χ4n) is 2.63. The standard InChI is InChI=1S/C14H18BrN3O2/c1-9-7-10(4-5-11(9)15)12-3-2-6-18(12)8-13(19)17-14(16)20/h4-5,7,12H,2-3,6,8H2,1H3,(H3,16,17,19,20)/t12-/m1/s1. The van der Waals surface area contributed by atoms with Crippen molar-refractivity contribution in [1.29, 1.82) is 0 Å². The summed E-state index contributed by atoms with van der Waals surface area (Å²) in [5.41, 5.74) is 7.34.